The maximum absolute atomic E-state index is 13.3. The summed E-state index contributed by atoms with van der Waals surface area (Å²) in [5.74, 6) is 0.177. The van der Waals surface area contributed by atoms with Crippen LogP contribution < -0.4 is 15.2 Å². The first-order chi connectivity index (χ1) is 22.1. The quantitative estimate of drug-likeness (QED) is 0.200. The minimum absolute atomic E-state index is 0.0622. The molecule has 0 aliphatic heterocycles. The topological polar surface area (TPSA) is 149 Å². The van der Waals surface area contributed by atoms with Gasteiger partial charge in [-0.2, -0.15) is 0 Å². The number of nitrogens with one attached hydrogen (secondary N) is 2. The summed E-state index contributed by atoms with van der Waals surface area (Å²) in [4.78, 5) is 32.2. The minimum Gasteiger partial charge on any atom is -0.497 e. The lowest BCUT2D eigenvalue weighted by Crippen LogP contribution is -2.30. The van der Waals surface area contributed by atoms with E-state index in [0.717, 1.165) is 28.1 Å². The van der Waals surface area contributed by atoms with Crippen LogP contribution in [0.25, 0.3) is 33.5 Å². The second-order valence-electron chi connectivity index (χ2n) is 10.5. The highest BCUT2D eigenvalue weighted by Crippen LogP contribution is 2.33. The number of hydrogen-bond donors (Lipinski definition) is 2. The molecular formula is C33H28ClN5O6S. The van der Waals surface area contributed by atoms with Crippen molar-refractivity contribution in [2.24, 2.45) is 0 Å². The van der Waals surface area contributed by atoms with E-state index in [1.807, 2.05) is 60.9 Å². The van der Waals surface area contributed by atoms with Gasteiger partial charge in [-0.05, 0) is 71.6 Å². The fourth-order valence-electron chi connectivity index (χ4n) is 5.31. The highest BCUT2D eigenvalue weighted by Gasteiger charge is 2.22. The van der Waals surface area contributed by atoms with Crippen molar-refractivity contribution in [2.45, 2.75) is 31.7 Å². The molecule has 2 N–H and O–H groups in total. The summed E-state index contributed by atoms with van der Waals surface area (Å²) in [6, 6.07) is 22.1. The second kappa shape index (κ2) is 12.3. The molecule has 2 aromatic heterocycles. The molecule has 2 heterocycles. The molecule has 0 radical (unpaired) electrons. The Morgan fingerprint density at radius 1 is 1.04 bits per heavy atom. The third-order valence-electron chi connectivity index (χ3n) is 7.61. The minimum atomic E-state index is -4.13. The number of nitrogens with zero attached hydrogens (tertiary/aromatic N) is 3. The molecule has 11 nitrogen and oxygen atoms in total. The van der Waals surface area contributed by atoms with Crippen molar-refractivity contribution < 1.29 is 22.5 Å². The molecule has 0 saturated carbocycles. The molecule has 4 aromatic carbocycles. The Morgan fingerprint density at radius 2 is 1.78 bits per heavy atom. The van der Waals surface area contributed by atoms with Crippen LogP contribution in [0.1, 0.15) is 34.2 Å². The van der Waals surface area contributed by atoms with Crippen LogP contribution in [-0.2, 0) is 23.0 Å². The number of halogens is 1. The van der Waals surface area contributed by atoms with Gasteiger partial charge in [0.05, 0.1) is 29.6 Å². The van der Waals surface area contributed by atoms with Crippen LogP contribution in [0, 0.1) is 6.92 Å². The van der Waals surface area contributed by atoms with E-state index in [-0.39, 0.29) is 10.5 Å². The molecule has 0 fully saturated rings. The van der Waals surface area contributed by atoms with Crippen LogP contribution in [0.3, 0.4) is 0 Å². The first-order valence-corrected chi connectivity index (χ1v) is 16.1. The van der Waals surface area contributed by atoms with E-state index in [1.165, 1.54) is 31.4 Å². The largest absolute Gasteiger partial charge is 0.497 e. The van der Waals surface area contributed by atoms with E-state index in [1.54, 1.807) is 12.1 Å². The number of carbonyl (C=O) groups excluding carboxylic acids is 1. The summed E-state index contributed by atoms with van der Waals surface area (Å²) in [6.07, 6.45) is 0.612. The normalized spacial score (nSPS) is 11.6. The zero-order valence-electron chi connectivity index (χ0n) is 25.0. The molecule has 0 bridgehead atoms. The summed E-state index contributed by atoms with van der Waals surface area (Å²) < 4.78 is 39.9. The molecule has 0 aliphatic carbocycles. The van der Waals surface area contributed by atoms with Gasteiger partial charge in [0.25, 0.3) is 15.9 Å². The van der Waals surface area contributed by atoms with Gasteiger partial charge in [-0.1, -0.05) is 60.1 Å². The fraction of sp³-hybridized carbons (Fsp3) is 0.152. The predicted octanol–water partition coefficient (Wildman–Crippen LogP) is 5.75. The maximum Gasteiger partial charge on any atom is 0.439 e. The van der Waals surface area contributed by atoms with Crippen molar-refractivity contribution in [1.82, 2.24) is 24.4 Å². The monoisotopic (exact) mass is 657 g/mol. The number of aromatic nitrogens is 4. The van der Waals surface area contributed by atoms with Crippen molar-refractivity contribution in [3.8, 4) is 28.3 Å². The van der Waals surface area contributed by atoms with Crippen LogP contribution in [0.15, 0.2) is 93.1 Å². The third-order valence-corrected chi connectivity index (χ3v) is 9.31. The summed E-state index contributed by atoms with van der Waals surface area (Å²) >= 11 is 6.84. The molecule has 0 aliphatic rings. The molecule has 46 heavy (non-hydrogen) atoms. The van der Waals surface area contributed by atoms with Gasteiger partial charge in [-0.25, -0.2) is 22.9 Å². The molecule has 6 aromatic rings. The van der Waals surface area contributed by atoms with Gasteiger partial charge < -0.3 is 9.30 Å². The number of rotatable bonds is 9. The van der Waals surface area contributed by atoms with Gasteiger partial charge in [0.15, 0.2) is 5.82 Å². The lowest BCUT2D eigenvalue weighted by molar-refractivity contribution is 0.0981. The SMILES string of the molecule is CCc1nc2c(C)cc(C(=O)NS(=O)(=O)c3ccc(OC)cc3)cc2n1Cc1ccc(-c2ccccc2-c2noc(=O)[nH]2)cc1Cl. The van der Waals surface area contributed by atoms with Gasteiger partial charge in [0, 0.05) is 22.6 Å². The molecular weight excluding hydrogens is 630 g/mol. The van der Waals surface area contributed by atoms with Crippen LogP contribution in [0.5, 0.6) is 5.75 Å². The Bertz CT molecular complexity index is 2270. The number of H-pyrrole nitrogens is 1. The fourth-order valence-corrected chi connectivity index (χ4v) is 6.53. The smallest absolute Gasteiger partial charge is 0.439 e. The average Bonchev–Trinajstić information content (AvgIpc) is 3.65. The lowest BCUT2D eigenvalue weighted by atomic mass is 9.98. The number of sulfonamides is 1. The van der Waals surface area contributed by atoms with Gasteiger partial charge in [0.1, 0.15) is 11.6 Å². The number of hydrogen-bond acceptors (Lipinski definition) is 8. The molecule has 6 rings (SSSR count). The van der Waals surface area contributed by atoms with Crippen molar-refractivity contribution in [1.29, 1.82) is 0 Å². The Hall–Kier alpha value is -5.20. The van der Waals surface area contributed by atoms with Crippen molar-refractivity contribution in [3.63, 3.8) is 0 Å². The van der Waals surface area contributed by atoms with E-state index in [0.29, 0.717) is 46.2 Å². The number of ether oxygens (including phenoxy) is 1. The lowest BCUT2D eigenvalue weighted by Gasteiger charge is -2.13. The van der Waals surface area contributed by atoms with Crippen molar-refractivity contribution in [3.05, 3.63) is 117 Å². The average molecular weight is 658 g/mol. The van der Waals surface area contributed by atoms with Crippen LogP contribution in [0.4, 0.5) is 0 Å². The van der Waals surface area contributed by atoms with E-state index >= 15 is 0 Å². The van der Waals surface area contributed by atoms with E-state index in [2.05, 4.69) is 14.9 Å². The Morgan fingerprint density at radius 3 is 2.43 bits per heavy atom. The predicted molar refractivity (Wildman–Crippen MR) is 174 cm³/mol. The van der Waals surface area contributed by atoms with Gasteiger partial charge in [-0.15, -0.1) is 0 Å². The summed E-state index contributed by atoms with van der Waals surface area (Å²) in [7, 11) is -2.65. The Kier molecular flexibility index (Phi) is 8.24. The molecule has 234 valence electrons. The second-order valence-corrected chi connectivity index (χ2v) is 12.6. The standard InChI is InChI=1S/C33H28ClN5O6S/c1-4-29-35-30-19(2)15-22(32(40)38-46(42,43)24-13-11-23(44-3)12-14-24)17-28(30)39(29)18-21-10-9-20(16-27(21)34)25-7-5-6-8-26(25)31-36-33(41)45-37-31/h5-17H,4,18H2,1-3H3,(H,38,40)(H,36,37,41). The van der Waals surface area contributed by atoms with Gasteiger partial charge in [0.2, 0.25) is 0 Å². The highest BCUT2D eigenvalue weighted by molar-refractivity contribution is 7.90. The number of imidazole rings is 1. The zero-order valence-corrected chi connectivity index (χ0v) is 26.6. The van der Waals surface area contributed by atoms with Crippen LogP contribution in [0.2, 0.25) is 5.02 Å². The highest BCUT2D eigenvalue weighted by atomic mass is 35.5. The molecule has 0 atom stereocenters. The molecule has 0 unspecified atom stereocenters. The van der Waals surface area contributed by atoms with E-state index in [4.69, 9.17) is 25.8 Å². The van der Waals surface area contributed by atoms with Crippen LogP contribution in [-0.4, -0.2) is 41.1 Å². The molecule has 13 heteroatoms. The molecule has 0 spiro atoms. The number of aryl methyl sites for hydroxylation is 2. The zero-order chi connectivity index (χ0) is 32.6. The number of fused-ring (bicyclic) bond motifs is 1. The third kappa shape index (κ3) is 5.92. The summed E-state index contributed by atoms with van der Waals surface area (Å²) in [5, 5.41) is 4.33. The first kappa shape index (κ1) is 30.8. The maximum atomic E-state index is 13.3. The molecule has 0 saturated heterocycles. The van der Waals surface area contributed by atoms with E-state index < -0.39 is 21.7 Å². The number of benzene rings is 4. The van der Waals surface area contributed by atoms with E-state index in [9.17, 15) is 18.0 Å². The van der Waals surface area contributed by atoms with Crippen molar-refractivity contribution in [2.75, 3.05) is 7.11 Å². The first-order valence-electron chi connectivity index (χ1n) is 14.2. The number of aromatic amines is 1. The van der Waals surface area contributed by atoms with Crippen LogP contribution >= 0.6 is 11.6 Å². The summed E-state index contributed by atoms with van der Waals surface area (Å²) in [5.41, 5.74) is 5.38. The van der Waals surface area contributed by atoms with Gasteiger partial charge in [-0.3, -0.25) is 14.3 Å². The Balaban J connectivity index is 1.33. The Labute approximate surface area is 268 Å². The summed E-state index contributed by atoms with van der Waals surface area (Å²) in [6.45, 7) is 4.17. The number of methoxy groups -OCH3 is 1. The number of carbonyl (C=O) groups is 1. The van der Waals surface area contributed by atoms with Crippen molar-refractivity contribution >= 4 is 38.6 Å². The van der Waals surface area contributed by atoms with Gasteiger partial charge >= 0.3 is 5.76 Å². The molecule has 1 amide bonds. The number of amides is 1.